The second-order valence-corrected chi connectivity index (χ2v) is 18.4. The molecule has 0 unspecified atom stereocenters. The van der Waals surface area contributed by atoms with E-state index in [2.05, 4.69) is 276 Å². The fourth-order valence-corrected chi connectivity index (χ4v) is 11.7. The van der Waals surface area contributed by atoms with Crippen LogP contribution < -0.4 is 0 Å². The van der Waals surface area contributed by atoms with Gasteiger partial charge in [0.1, 0.15) is 0 Å². The molecule has 14 rings (SSSR count). The number of fused-ring (bicyclic) bond motifs is 9. The van der Waals surface area contributed by atoms with Crippen molar-refractivity contribution in [2.24, 2.45) is 0 Å². The number of aromatic nitrogens is 2. The van der Waals surface area contributed by atoms with Crippen molar-refractivity contribution in [2.75, 3.05) is 0 Å². The number of para-hydroxylation sites is 1. The smallest absolute Gasteiger partial charge is 0.0714 e. The fraction of sp³-hybridized carbons (Fsp3) is 0.0149. The van der Waals surface area contributed by atoms with Crippen LogP contribution in [0.1, 0.15) is 22.3 Å². The first kappa shape index (κ1) is 39.2. The molecule has 0 amide bonds. The van der Waals surface area contributed by atoms with Crippen LogP contribution in [0, 0.1) is 0 Å². The molecule has 2 aromatic heterocycles. The lowest BCUT2D eigenvalue weighted by atomic mass is 9.67. The number of nitrogens with zero attached hydrogens (tertiary/aromatic N) is 2. The Morgan fingerprint density at radius 1 is 0.232 bits per heavy atom. The predicted octanol–water partition coefficient (Wildman–Crippen LogP) is 17.2. The Morgan fingerprint density at radius 3 is 1.19 bits per heavy atom. The SMILES string of the molecule is c1ccc(-c2ccc3c(c2)c2cc(-c4ccccc4)ccc2n3-c2ccc(-c3ccc4c(c3)c3ccccc3n4-c3ccc4c(c3)C(c3ccccc3)(c3ccccc3)c3ccccc3-4)cc2)cc1. The molecule has 0 atom stereocenters. The molecule has 1 aliphatic carbocycles. The Bertz CT molecular complexity index is 3950. The quantitative estimate of drug-likeness (QED) is 0.151. The van der Waals surface area contributed by atoms with Gasteiger partial charge in [-0.15, -0.1) is 0 Å². The van der Waals surface area contributed by atoms with E-state index in [0.717, 1.165) is 11.4 Å². The second-order valence-electron chi connectivity index (χ2n) is 18.4. The molecule has 1 aliphatic rings. The molecule has 2 heterocycles. The maximum absolute atomic E-state index is 2.47. The van der Waals surface area contributed by atoms with Gasteiger partial charge in [0.15, 0.2) is 0 Å². The monoisotopic (exact) mass is 876 g/mol. The van der Waals surface area contributed by atoms with Crippen LogP contribution in [0.4, 0.5) is 0 Å². The van der Waals surface area contributed by atoms with E-state index >= 15 is 0 Å². The second kappa shape index (κ2) is 15.6. The lowest BCUT2D eigenvalue weighted by Gasteiger charge is -2.34. The standard InChI is InChI=1S/C67H44N2/c1-5-17-45(18-6-1)48-31-39-65-59(42-48)60-43-49(46-19-7-2-8-20-46)32-40-66(60)68(65)53-34-29-47(30-35-53)50-33-38-64-58(41-50)57-26-14-16-28-63(57)69(64)54-36-37-56-55-25-13-15-27-61(55)67(62(56)44-54,51-21-9-3-10-22-51)52-23-11-4-12-24-52/h1-44H. The lowest BCUT2D eigenvalue weighted by molar-refractivity contribution is 0.767. The summed E-state index contributed by atoms with van der Waals surface area (Å²) in [6.07, 6.45) is 0. The van der Waals surface area contributed by atoms with Crippen LogP contribution in [0.25, 0.3) is 99.5 Å². The highest BCUT2D eigenvalue weighted by Gasteiger charge is 2.46. The number of hydrogen-bond acceptors (Lipinski definition) is 0. The number of hydrogen-bond donors (Lipinski definition) is 0. The molecule has 69 heavy (non-hydrogen) atoms. The van der Waals surface area contributed by atoms with Gasteiger partial charge in [-0.3, -0.25) is 0 Å². The van der Waals surface area contributed by atoms with Crippen LogP contribution in [0.2, 0.25) is 0 Å². The number of benzene rings is 11. The summed E-state index contributed by atoms with van der Waals surface area (Å²) in [5, 5.41) is 4.96. The van der Waals surface area contributed by atoms with Gasteiger partial charge in [-0.25, -0.2) is 0 Å². The summed E-state index contributed by atoms with van der Waals surface area (Å²) in [4.78, 5) is 0. The molecule has 0 radical (unpaired) electrons. The van der Waals surface area contributed by atoms with Crippen molar-refractivity contribution in [3.63, 3.8) is 0 Å². The van der Waals surface area contributed by atoms with Crippen LogP contribution in [0.15, 0.2) is 267 Å². The van der Waals surface area contributed by atoms with E-state index in [4.69, 9.17) is 0 Å². The summed E-state index contributed by atoms with van der Waals surface area (Å²) in [5.41, 5.74) is 21.5. The van der Waals surface area contributed by atoms with Gasteiger partial charge in [-0.1, -0.05) is 200 Å². The van der Waals surface area contributed by atoms with Crippen molar-refractivity contribution >= 4 is 43.6 Å². The maximum atomic E-state index is 2.47. The molecule has 0 fully saturated rings. The summed E-state index contributed by atoms with van der Waals surface area (Å²) in [6, 6.07) is 98.5. The average molecular weight is 877 g/mol. The first-order valence-corrected chi connectivity index (χ1v) is 23.9. The molecule has 0 spiro atoms. The third-order valence-corrected chi connectivity index (χ3v) is 14.8. The van der Waals surface area contributed by atoms with Gasteiger partial charge in [-0.05, 0) is 133 Å². The van der Waals surface area contributed by atoms with E-state index in [-0.39, 0.29) is 0 Å². The topological polar surface area (TPSA) is 9.86 Å². The summed E-state index contributed by atoms with van der Waals surface area (Å²) in [5.74, 6) is 0. The molecule has 2 heteroatoms. The third kappa shape index (κ3) is 5.99. The van der Waals surface area contributed by atoms with Gasteiger partial charge >= 0.3 is 0 Å². The summed E-state index contributed by atoms with van der Waals surface area (Å²) in [7, 11) is 0. The third-order valence-electron chi connectivity index (χ3n) is 14.8. The van der Waals surface area contributed by atoms with Gasteiger partial charge in [0.25, 0.3) is 0 Å². The van der Waals surface area contributed by atoms with Gasteiger partial charge in [0, 0.05) is 32.9 Å². The van der Waals surface area contributed by atoms with E-state index in [9.17, 15) is 0 Å². The molecular weight excluding hydrogens is 833 g/mol. The molecule has 0 saturated carbocycles. The molecule has 0 saturated heterocycles. The highest BCUT2D eigenvalue weighted by Crippen LogP contribution is 2.56. The zero-order chi connectivity index (χ0) is 45.5. The highest BCUT2D eigenvalue weighted by molar-refractivity contribution is 6.12. The van der Waals surface area contributed by atoms with Crippen LogP contribution in [-0.4, -0.2) is 9.13 Å². The van der Waals surface area contributed by atoms with Crippen LogP contribution in [0.3, 0.4) is 0 Å². The highest BCUT2D eigenvalue weighted by atomic mass is 15.0. The molecule has 0 aliphatic heterocycles. The van der Waals surface area contributed by atoms with Crippen molar-refractivity contribution in [2.45, 2.75) is 5.41 Å². The molecule has 13 aromatic rings. The van der Waals surface area contributed by atoms with Gasteiger partial charge in [0.2, 0.25) is 0 Å². The minimum atomic E-state index is -0.474. The van der Waals surface area contributed by atoms with E-state index in [1.165, 1.54) is 110 Å². The van der Waals surface area contributed by atoms with Gasteiger partial charge in [-0.2, -0.15) is 0 Å². The zero-order valence-electron chi connectivity index (χ0n) is 37.8. The predicted molar refractivity (Wildman–Crippen MR) is 289 cm³/mol. The first-order chi connectivity index (χ1) is 34.2. The number of rotatable bonds is 7. The Morgan fingerprint density at radius 2 is 0.623 bits per heavy atom. The normalized spacial score (nSPS) is 12.8. The van der Waals surface area contributed by atoms with Crippen molar-refractivity contribution in [1.29, 1.82) is 0 Å². The van der Waals surface area contributed by atoms with E-state index in [0.29, 0.717) is 0 Å². The zero-order valence-corrected chi connectivity index (χ0v) is 37.8. The fourth-order valence-electron chi connectivity index (χ4n) is 11.7. The molecule has 11 aromatic carbocycles. The van der Waals surface area contributed by atoms with Crippen molar-refractivity contribution in [1.82, 2.24) is 9.13 Å². The Kier molecular flexibility index (Phi) is 8.84. The van der Waals surface area contributed by atoms with Crippen molar-refractivity contribution in [3.8, 4) is 55.9 Å². The minimum absolute atomic E-state index is 0.474. The molecule has 322 valence electrons. The Labute approximate surface area is 401 Å². The van der Waals surface area contributed by atoms with E-state index in [1.54, 1.807) is 0 Å². The molecule has 2 nitrogen and oxygen atoms in total. The summed E-state index contributed by atoms with van der Waals surface area (Å²) in [6.45, 7) is 0. The molecule has 0 N–H and O–H groups in total. The Hall–Kier alpha value is -8.98. The molecule has 0 bridgehead atoms. The van der Waals surface area contributed by atoms with Crippen LogP contribution in [0.5, 0.6) is 0 Å². The van der Waals surface area contributed by atoms with Gasteiger partial charge in [0.05, 0.1) is 27.5 Å². The minimum Gasteiger partial charge on any atom is -0.309 e. The van der Waals surface area contributed by atoms with Crippen LogP contribution in [-0.2, 0) is 5.41 Å². The Balaban J connectivity index is 0.891. The largest absolute Gasteiger partial charge is 0.309 e. The van der Waals surface area contributed by atoms with Crippen LogP contribution >= 0.6 is 0 Å². The molecular formula is C67H44N2. The summed E-state index contributed by atoms with van der Waals surface area (Å²) < 4.78 is 4.89. The first-order valence-electron chi connectivity index (χ1n) is 23.9. The van der Waals surface area contributed by atoms with E-state index in [1.807, 2.05) is 0 Å². The van der Waals surface area contributed by atoms with Crippen molar-refractivity contribution in [3.05, 3.63) is 289 Å². The summed E-state index contributed by atoms with van der Waals surface area (Å²) >= 11 is 0. The van der Waals surface area contributed by atoms with Gasteiger partial charge < -0.3 is 9.13 Å². The lowest BCUT2D eigenvalue weighted by Crippen LogP contribution is -2.28. The maximum Gasteiger partial charge on any atom is 0.0714 e. The van der Waals surface area contributed by atoms with E-state index < -0.39 is 5.41 Å². The average Bonchev–Trinajstić information content (AvgIpc) is 4.05. The van der Waals surface area contributed by atoms with Crippen molar-refractivity contribution < 1.29 is 0 Å².